The summed E-state index contributed by atoms with van der Waals surface area (Å²) in [5.74, 6) is 1.56. The summed E-state index contributed by atoms with van der Waals surface area (Å²) in [5, 5.41) is 10.2. The van der Waals surface area contributed by atoms with Gasteiger partial charge in [-0.2, -0.15) is 0 Å². The van der Waals surface area contributed by atoms with Crippen molar-refractivity contribution in [3.8, 4) is 11.5 Å². The van der Waals surface area contributed by atoms with Gasteiger partial charge >= 0.3 is 0 Å². The number of rotatable bonds is 3. The van der Waals surface area contributed by atoms with Gasteiger partial charge in [-0.05, 0) is 53.6 Å². The van der Waals surface area contributed by atoms with E-state index in [-0.39, 0.29) is 5.75 Å². The Labute approximate surface area is 147 Å². The summed E-state index contributed by atoms with van der Waals surface area (Å²) in [6, 6.07) is 6.77. The minimum Gasteiger partial charge on any atom is -0.504 e. The van der Waals surface area contributed by atoms with Gasteiger partial charge in [0.1, 0.15) is 0 Å². The highest BCUT2D eigenvalue weighted by molar-refractivity contribution is 7.12. The van der Waals surface area contributed by atoms with Gasteiger partial charge in [-0.3, -0.25) is 4.90 Å². The molecule has 0 radical (unpaired) electrons. The minimum atomic E-state index is 0.260. The van der Waals surface area contributed by atoms with Crippen LogP contribution in [0, 0.1) is 5.92 Å². The maximum Gasteiger partial charge on any atom is 0.160 e. The molecule has 0 fully saturated rings. The number of phenolic OH excluding ortho intramolecular Hbond substituents is 1. The summed E-state index contributed by atoms with van der Waals surface area (Å²) in [5.41, 5.74) is 4.13. The van der Waals surface area contributed by atoms with Gasteiger partial charge in [0, 0.05) is 35.3 Å². The summed E-state index contributed by atoms with van der Waals surface area (Å²) < 4.78 is 5.28. The van der Waals surface area contributed by atoms with E-state index in [1.807, 2.05) is 23.5 Å². The quantitative estimate of drug-likeness (QED) is 0.901. The molecular formula is C20H25NO2S. The third-order valence-electron chi connectivity index (χ3n) is 5.22. The largest absolute Gasteiger partial charge is 0.504 e. The van der Waals surface area contributed by atoms with Crippen LogP contribution in [-0.2, 0) is 25.8 Å². The smallest absolute Gasteiger partial charge is 0.160 e. The van der Waals surface area contributed by atoms with Crippen LogP contribution in [0.5, 0.6) is 11.5 Å². The number of ether oxygens (including phenoxy) is 1. The zero-order valence-corrected chi connectivity index (χ0v) is 15.4. The van der Waals surface area contributed by atoms with E-state index in [0.717, 1.165) is 25.9 Å². The summed E-state index contributed by atoms with van der Waals surface area (Å²) in [4.78, 5) is 5.63. The molecule has 2 aliphatic rings. The number of hydrogen-bond acceptors (Lipinski definition) is 4. The average molecular weight is 343 g/mol. The second kappa shape index (κ2) is 6.08. The molecule has 3 heterocycles. The standard InChI is InChI=1S/C20H25NO2S/c1-12(2)6-15-7-14-11-21-5-4-13-8-19(23-3)18(22)9-16(13)17(21)10-20(14)24-15/h7-9,12,17,22H,4-6,10-11H2,1-3H3. The molecule has 0 saturated carbocycles. The Bertz CT molecular complexity index is 765. The van der Waals surface area contributed by atoms with Gasteiger partial charge in [0.05, 0.1) is 7.11 Å². The highest BCUT2D eigenvalue weighted by atomic mass is 32.1. The highest BCUT2D eigenvalue weighted by Crippen LogP contribution is 2.43. The average Bonchev–Trinajstić information content (AvgIpc) is 2.92. The molecule has 128 valence electrons. The Morgan fingerprint density at radius 3 is 2.88 bits per heavy atom. The van der Waals surface area contributed by atoms with Crippen LogP contribution in [0.25, 0.3) is 0 Å². The predicted molar refractivity (Wildman–Crippen MR) is 98.1 cm³/mol. The second-order valence-corrected chi connectivity index (χ2v) is 8.64. The van der Waals surface area contributed by atoms with Gasteiger partial charge in [0.15, 0.2) is 11.5 Å². The first-order chi connectivity index (χ1) is 11.5. The number of benzene rings is 1. The van der Waals surface area contributed by atoms with E-state index < -0.39 is 0 Å². The van der Waals surface area contributed by atoms with Crippen molar-refractivity contribution in [2.75, 3.05) is 13.7 Å². The highest BCUT2D eigenvalue weighted by Gasteiger charge is 2.33. The number of phenols is 1. The molecule has 0 aliphatic carbocycles. The summed E-state index contributed by atoms with van der Waals surface area (Å²) >= 11 is 1.99. The number of fused-ring (bicyclic) bond motifs is 4. The first-order valence-corrected chi connectivity index (χ1v) is 9.61. The van der Waals surface area contributed by atoms with Crippen molar-refractivity contribution in [1.82, 2.24) is 4.90 Å². The number of thiophene rings is 1. The van der Waals surface area contributed by atoms with Crippen LogP contribution in [0.3, 0.4) is 0 Å². The molecule has 1 N–H and O–H groups in total. The molecule has 0 amide bonds. The van der Waals surface area contributed by atoms with E-state index in [4.69, 9.17) is 4.74 Å². The molecule has 2 aromatic rings. The monoisotopic (exact) mass is 343 g/mol. The van der Waals surface area contributed by atoms with Crippen molar-refractivity contribution < 1.29 is 9.84 Å². The lowest BCUT2D eigenvalue weighted by Crippen LogP contribution is -2.38. The molecule has 1 atom stereocenters. The van der Waals surface area contributed by atoms with E-state index in [1.165, 1.54) is 32.9 Å². The Balaban J connectivity index is 1.67. The summed E-state index contributed by atoms with van der Waals surface area (Å²) in [6.45, 7) is 6.70. The number of hydrogen-bond donors (Lipinski definition) is 1. The normalized spacial score (nSPS) is 19.8. The third kappa shape index (κ3) is 2.72. The molecule has 0 spiro atoms. The molecule has 1 aromatic carbocycles. The van der Waals surface area contributed by atoms with Crippen molar-refractivity contribution >= 4 is 11.3 Å². The van der Waals surface area contributed by atoms with Crippen molar-refractivity contribution in [2.45, 2.75) is 45.7 Å². The molecule has 4 rings (SSSR count). The van der Waals surface area contributed by atoms with Gasteiger partial charge in [0.25, 0.3) is 0 Å². The van der Waals surface area contributed by atoms with E-state index >= 15 is 0 Å². The van der Waals surface area contributed by atoms with E-state index in [0.29, 0.717) is 17.7 Å². The Kier molecular flexibility index (Phi) is 4.05. The Morgan fingerprint density at radius 1 is 1.29 bits per heavy atom. The predicted octanol–water partition coefficient (Wildman–Crippen LogP) is 4.32. The zero-order chi connectivity index (χ0) is 16.8. The Hall–Kier alpha value is -1.52. The molecular weight excluding hydrogens is 318 g/mol. The molecule has 1 aromatic heterocycles. The van der Waals surface area contributed by atoms with Gasteiger partial charge in [0.2, 0.25) is 0 Å². The molecule has 1 unspecified atom stereocenters. The van der Waals surface area contributed by atoms with Crippen LogP contribution in [0.2, 0.25) is 0 Å². The van der Waals surface area contributed by atoms with Crippen molar-refractivity contribution in [3.63, 3.8) is 0 Å². The van der Waals surface area contributed by atoms with Crippen LogP contribution in [-0.4, -0.2) is 23.7 Å². The fourth-order valence-corrected chi connectivity index (χ4v) is 5.52. The maximum atomic E-state index is 10.2. The van der Waals surface area contributed by atoms with Crippen LogP contribution in [0.4, 0.5) is 0 Å². The lowest BCUT2D eigenvalue weighted by Gasteiger charge is -2.40. The van der Waals surface area contributed by atoms with Crippen molar-refractivity contribution in [1.29, 1.82) is 0 Å². The maximum absolute atomic E-state index is 10.2. The number of nitrogens with zero attached hydrogens (tertiary/aromatic N) is 1. The first kappa shape index (κ1) is 16.0. The topological polar surface area (TPSA) is 32.7 Å². The lowest BCUT2D eigenvalue weighted by molar-refractivity contribution is 0.162. The number of methoxy groups -OCH3 is 1. The molecule has 2 aliphatic heterocycles. The van der Waals surface area contributed by atoms with Gasteiger partial charge < -0.3 is 9.84 Å². The summed E-state index contributed by atoms with van der Waals surface area (Å²) in [7, 11) is 1.62. The van der Waals surface area contributed by atoms with Crippen molar-refractivity contribution in [3.05, 3.63) is 44.6 Å². The Morgan fingerprint density at radius 2 is 2.12 bits per heavy atom. The first-order valence-electron chi connectivity index (χ1n) is 8.79. The van der Waals surface area contributed by atoms with Crippen LogP contribution >= 0.6 is 11.3 Å². The molecule has 0 bridgehead atoms. The van der Waals surface area contributed by atoms with Crippen LogP contribution in [0.15, 0.2) is 18.2 Å². The molecule has 3 nitrogen and oxygen atoms in total. The number of aromatic hydroxyl groups is 1. The lowest BCUT2D eigenvalue weighted by atomic mass is 9.86. The minimum absolute atomic E-state index is 0.260. The molecule has 0 saturated heterocycles. The van der Waals surface area contributed by atoms with E-state index in [2.05, 4.69) is 24.8 Å². The van der Waals surface area contributed by atoms with Crippen LogP contribution < -0.4 is 4.74 Å². The second-order valence-electron chi connectivity index (χ2n) is 7.42. The fourth-order valence-electron chi connectivity index (χ4n) is 4.09. The zero-order valence-electron chi connectivity index (χ0n) is 14.6. The SMILES string of the molecule is COc1cc2c(cc1O)C1Cc3sc(CC(C)C)cc3CN1CC2. The molecule has 4 heteroatoms. The van der Waals surface area contributed by atoms with Gasteiger partial charge in [-0.15, -0.1) is 11.3 Å². The third-order valence-corrected chi connectivity index (χ3v) is 6.44. The van der Waals surface area contributed by atoms with E-state index in [1.54, 1.807) is 7.11 Å². The summed E-state index contributed by atoms with van der Waals surface area (Å²) in [6.07, 6.45) is 3.27. The van der Waals surface area contributed by atoms with Crippen molar-refractivity contribution in [2.24, 2.45) is 5.92 Å². The van der Waals surface area contributed by atoms with Crippen LogP contribution in [0.1, 0.15) is 46.3 Å². The molecule has 24 heavy (non-hydrogen) atoms. The van der Waals surface area contributed by atoms with E-state index in [9.17, 15) is 5.11 Å². The van der Waals surface area contributed by atoms with Gasteiger partial charge in [-0.25, -0.2) is 0 Å². The van der Waals surface area contributed by atoms with Gasteiger partial charge in [-0.1, -0.05) is 13.8 Å². The fraction of sp³-hybridized carbons (Fsp3) is 0.500.